The van der Waals surface area contributed by atoms with Crippen molar-refractivity contribution >= 4 is 34.3 Å². The molecule has 3 rings (SSSR count). The summed E-state index contributed by atoms with van der Waals surface area (Å²) in [6, 6.07) is 12.8. The van der Waals surface area contributed by atoms with E-state index in [0.29, 0.717) is 10.6 Å². The summed E-state index contributed by atoms with van der Waals surface area (Å²) in [5.74, 6) is -1.27. The van der Waals surface area contributed by atoms with Gasteiger partial charge in [-0.15, -0.1) is 0 Å². The molecule has 0 bridgehead atoms. The maximum atomic E-state index is 12.8. The van der Waals surface area contributed by atoms with Gasteiger partial charge in [0, 0.05) is 10.6 Å². The van der Waals surface area contributed by atoms with Crippen molar-refractivity contribution in [3.05, 3.63) is 80.0 Å². The van der Waals surface area contributed by atoms with Gasteiger partial charge in [-0.1, -0.05) is 41.9 Å². The number of Topliss-reactive ketones (excluding diaryl/α,β-unsaturated/α-hetero) is 1. The molecule has 0 aliphatic carbocycles. The molecule has 0 saturated heterocycles. The molecular formula is C20H17ClN2O5. The molecule has 0 spiro atoms. The number of ether oxygens (including phenoxy) is 1. The molecule has 144 valence electrons. The number of nitrogens with one attached hydrogen (secondary N) is 1. The summed E-state index contributed by atoms with van der Waals surface area (Å²) < 4.78 is 5.87. The van der Waals surface area contributed by atoms with Crippen molar-refractivity contribution in [3.63, 3.8) is 0 Å². The molecular weight excluding hydrogens is 384 g/mol. The van der Waals surface area contributed by atoms with Crippen LogP contribution in [0.25, 0.3) is 10.9 Å². The van der Waals surface area contributed by atoms with Crippen LogP contribution >= 0.6 is 11.6 Å². The van der Waals surface area contributed by atoms with E-state index in [1.165, 1.54) is 32.0 Å². The summed E-state index contributed by atoms with van der Waals surface area (Å²) in [5, 5.41) is 0.559. The van der Waals surface area contributed by atoms with Crippen LogP contribution in [-0.4, -0.2) is 27.9 Å². The molecule has 7 nitrogen and oxygen atoms in total. The molecule has 0 atom stereocenters. The van der Waals surface area contributed by atoms with Crippen molar-refractivity contribution < 1.29 is 14.3 Å². The Morgan fingerprint density at radius 2 is 1.79 bits per heavy atom. The summed E-state index contributed by atoms with van der Waals surface area (Å²) >= 11 is 5.89. The highest BCUT2D eigenvalue weighted by molar-refractivity contribution is 6.31. The summed E-state index contributed by atoms with van der Waals surface area (Å²) in [6.07, 6.45) is 0. The Balaban J connectivity index is 1.91. The number of aromatic nitrogens is 2. The van der Waals surface area contributed by atoms with Gasteiger partial charge >= 0.3 is 11.7 Å². The van der Waals surface area contributed by atoms with Gasteiger partial charge in [-0.05, 0) is 32.0 Å². The van der Waals surface area contributed by atoms with Crippen LogP contribution < -0.4 is 11.2 Å². The second kappa shape index (κ2) is 7.44. The first kappa shape index (κ1) is 19.6. The van der Waals surface area contributed by atoms with Crippen molar-refractivity contribution in [1.82, 2.24) is 9.55 Å². The average molecular weight is 401 g/mol. The third-order valence-electron chi connectivity index (χ3n) is 4.35. The van der Waals surface area contributed by atoms with Crippen LogP contribution in [0.3, 0.4) is 0 Å². The number of carbonyl (C=O) groups excluding carboxylic acids is 2. The molecule has 0 amide bonds. The first-order chi connectivity index (χ1) is 13.2. The highest BCUT2D eigenvalue weighted by atomic mass is 35.5. The Morgan fingerprint density at radius 3 is 2.46 bits per heavy atom. The number of esters is 1. The number of rotatable bonds is 5. The zero-order valence-corrected chi connectivity index (χ0v) is 15.9. The van der Waals surface area contributed by atoms with Crippen LogP contribution in [0.4, 0.5) is 0 Å². The monoisotopic (exact) mass is 400 g/mol. The molecule has 1 heterocycles. The quantitative estimate of drug-likeness (QED) is 0.524. The number of nitrogens with zero attached hydrogens (tertiary/aromatic N) is 1. The highest BCUT2D eigenvalue weighted by Crippen LogP contribution is 2.17. The summed E-state index contributed by atoms with van der Waals surface area (Å²) in [6.45, 7) is 2.25. The standard InChI is InChI=1S/C20H17ClN2O5/c1-20(2,18(26)28-11-16(24)12-6-4-3-5-7-12)23-17(25)14-9-8-13(21)10-15(14)22-19(23)27/h3-10H,11H2,1-2H3,(H,22,27). The summed E-state index contributed by atoms with van der Waals surface area (Å²) in [5.41, 5.74) is -2.41. The Morgan fingerprint density at radius 1 is 1.11 bits per heavy atom. The van der Waals surface area contributed by atoms with Crippen LogP contribution in [0.2, 0.25) is 5.02 Å². The van der Waals surface area contributed by atoms with E-state index < -0.39 is 29.4 Å². The van der Waals surface area contributed by atoms with Gasteiger partial charge in [-0.25, -0.2) is 14.2 Å². The zero-order chi connectivity index (χ0) is 20.5. The number of ketones is 1. The predicted molar refractivity (Wildman–Crippen MR) is 105 cm³/mol. The van der Waals surface area contributed by atoms with E-state index in [0.717, 1.165) is 4.57 Å². The fourth-order valence-corrected chi connectivity index (χ4v) is 2.98. The first-order valence-electron chi connectivity index (χ1n) is 8.42. The Bertz CT molecular complexity index is 1180. The predicted octanol–water partition coefficient (Wildman–Crippen LogP) is 2.50. The Hall–Kier alpha value is -3.19. The number of aromatic amines is 1. The van der Waals surface area contributed by atoms with Crippen molar-refractivity contribution in [2.75, 3.05) is 6.61 Å². The minimum absolute atomic E-state index is 0.199. The number of benzene rings is 2. The minimum atomic E-state index is -1.63. The fraction of sp³-hybridized carbons (Fsp3) is 0.200. The highest BCUT2D eigenvalue weighted by Gasteiger charge is 2.35. The molecule has 8 heteroatoms. The lowest BCUT2D eigenvalue weighted by molar-refractivity contribution is -0.151. The van der Waals surface area contributed by atoms with Gasteiger partial charge in [0.2, 0.25) is 0 Å². The van der Waals surface area contributed by atoms with E-state index in [2.05, 4.69) is 4.98 Å². The second-order valence-corrected chi connectivity index (χ2v) is 7.12. The molecule has 0 saturated carbocycles. The first-order valence-corrected chi connectivity index (χ1v) is 8.80. The van der Waals surface area contributed by atoms with Crippen LogP contribution in [0, 0.1) is 0 Å². The molecule has 0 unspecified atom stereocenters. The lowest BCUT2D eigenvalue weighted by Gasteiger charge is -2.24. The average Bonchev–Trinajstić information content (AvgIpc) is 2.65. The van der Waals surface area contributed by atoms with Gasteiger partial charge in [0.05, 0.1) is 10.9 Å². The largest absolute Gasteiger partial charge is 0.456 e. The van der Waals surface area contributed by atoms with E-state index in [4.69, 9.17) is 16.3 Å². The van der Waals surface area contributed by atoms with Crippen molar-refractivity contribution in [2.24, 2.45) is 0 Å². The third kappa shape index (κ3) is 3.61. The van der Waals surface area contributed by atoms with Crippen LogP contribution in [0.5, 0.6) is 0 Å². The molecule has 1 aromatic heterocycles. The lowest BCUT2D eigenvalue weighted by atomic mass is 10.1. The maximum absolute atomic E-state index is 12.8. The van der Waals surface area contributed by atoms with Crippen LogP contribution in [0.1, 0.15) is 24.2 Å². The van der Waals surface area contributed by atoms with Gasteiger partial charge in [0.1, 0.15) is 5.54 Å². The number of carbonyl (C=O) groups is 2. The number of hydrogen-bond acceptors (Lipinski definition) is 5. The minimum Gasteiger partial charge on any atom is -0.456 e. The zero-order valence-electron chi connectivity index (χ0n) is 15.2. The third-order valence-corrected chi connectivity index (χ3v) is 4.58. The van der Waals surface area contributed by atoms with E-state index in [1.54, 1.807) is 30.3 Å². The SMILES string of the molecule is CC(C)(C(=O)OCC(=O)c1ccccc1)n1c(=O)[nH]c2cc(Cl)ccc2c1=O. The smallest absolute Gasteiger partial charge is 0.332 e. The Kier molecular flexibility index (Phi) is 5.20. The number of hydrogen-bond donors (Lipinski definition) is 1. The van der Waals surface area contributed by atoms with Crippen LogP contribution in [-0.2, 0) is 15.1 Å². The Labute approximate surface area is 164 Å². The van der Waals surface area contributed by atoms with Gasteiger partial charge in [-0.3, -0.25) is 9.59 Å². The van der Waals surface area contributed by atoms with Crippen molar-refractivity contribution in [2.45, 2.75) is 19.4 Å². The van der Waals surface area contributed by atoms with Crippen LogP contribution in [0.15, 0.2) is 58.1 Å². The number of H-pyrrole nitrogens is 1. The number of halogens is 1. The molecule has 2 aromatic carbocycles. The molecule has 0 aliphatic heterocycles. The maximum Gasteiger partial charge on any atom is 0.332 e. The van der Waals surface area contributed by atoms with Gasteiger partial charge in [0.15, 0.2) is 12.4 Å². The topological polar surface area (TPSA) is 98.2 Å². The molecule has 1 N–H and O–H groups in total. The second-order valence-electron chi connectivity index (χ2n) is 6.68. The molecule has 0 radical (unpaired) electrons. The summed E-state index contributed by atoms with van der Waals surface area (Å²) in [7, 11) is 0. The fourth-order valence-electron chi connectivity index (χ4n) is 2.80. The summed E-state index contributed by atoms with van der Waals surface area (Å²) in [4.78, 5) is 52.5. The molecule has 3 aromatic rings. The normalized spacial score (nSPS) is 11.4. The van der Waals surface area contributed by atoms with Crippen molar-refractivity contribution in [3.8, 4) is 0 Å². The number of fused-ring (bicyclic) bond motifs is 1. The van der Waals surface area contributed by atoms with Gasteiger partial charge in [0.25, 0.3) is 5.56 Å². The van der Waals surface area contributed by atoms with Gasteiger partial charge < -0.3 is 9.72 Å². The van der Waals surface area contributed by atoms with Crippen molar-refractivity contribution in [1.29, 1.82) is 0 Å². The van der Waals surface area contributed by atoms with E-state index in [-0.39, 0.29) is 16.7 Å². The molecule has 0 aliphatic rings. The van der Waals surface area contributed by atoms with E-state index in [9.17, 15) is 19.2 Å². The van der Waals surface area contributed by atoms with E-state index in [1.807, 2.05) is 0 Å². The van der Waals surface area contributed by atoms with Gasteiger partial charge in [-0.2, -0.15) is 0 Å². The molecule has 28 heavy (non-hydrogen) atoms. The molecule has 0 fully saturated rings. The lowest BCUT2D eigenvalue weighted by Crippen LogP contribution is -2.51. The van der Waals surface area contributed by atoms with E-state index >= 15 is 0 Å².